The highest BCUT2D eigenvalue weighted by molar-refractivity contribution is 7.89. The van der Waals surface area contributed by atoms with Crippen molar-refractivity contribution in [2.75, 3.05) is 33.3 Å². The van der Waals surface area contributed by atoms with Crippen LogP contribution in [0.3, 0.4) is 0 Å². The van der Waals surface area contributed by atoms with Crippen LogP contribution in [0, 0.1) is 0 Å². The Balaban J connectivity index is 1.99. The SMILES string of the molecule is CN1CCOC(CNS(=O)(=O)c2cccc(CO)c2)C1. The third-order valence-electron chi connectivity index (χ3n) is 3.23. The summed E-state index contributed by atoms with van der Waals surface area (Å²) in [7, 11) is -1.59. The van der Waals surface area contributed by atoms with Crippen molar-refractivity contribution in [1.82, 2.24) is 9.62 Å². The van der Waals surface area contributed by atoms with Crippen molar-refractivity contribution in [2.24, 2.45) is 0 Å². The summed E-state index contributed by atoms with van der Waals surface area (Å²) in [6, 6.07) is 6.27. The molecule has 0 amide bonds. The topological polar surface area (TPSA) is 78.9 Å². The van der Waals surface area contributed by atoms with E-state index in [2.05, 4.69) is 9.62 Å². The quantitative estimate of drug-likeness (QED) is 0.786. The van der Waals surface area contributed by atoms with Crippen molar-refractivity contribution in [3.8, 4) is 0 Å². The molecule has 1 aliphatic rings. The van der Waals surface area contributed by atoms with Crippen LogP contribution in [0.4, 0.5) is 0 Å². The van der Waals surface area contributed by atoms with Gasteiger partial charge in [-0.25, -0.2) is 13.1 Å². The Hall–Kier alpha value is -0.990. The molecule has 7 heteroatoms. The van der Waals surface area contributed by atoms with Gasteiger partial charge in [0.15, 0.2) is 0 Å². The van der Waals surface area contributed by atoms with Gasteiger partial charge in [0.2, 0.25) is 10.0 Å². The Bertz CT molecular complexity index is 547. The molecule has 0 spiro atoms. The largest absolute Gasteiger partial charge is 0.392 e. The van der Waals surface area contributed by atoms with Crippen LogP contribution in [-0.4, -0.2) is 57.8 Å². The number of nitrogens with one attached hydrogen (secondary N) is 1. The summed E-state index contributed by atoms with van der Waals surface area (Å²) < 4.78 is 32.4. The van der Waals surface area contributed by atoms with Gasteiger partial charge in [-0.05, 0) is 24.7 Å². The highest BCUT2D eigenvalue weighted by Gasteiger charge is 2.21. The lowest BCUT2D eigenvalue weighted by Crippen LogP contribution is -2.45. The molecule has 2 N–H and O–H groups in total. The van der Waals surface area contributed by atoms with Crippen LogP contribution in [0.2, 0.25) is 0 Å². The van der Waals surface area contributed by atoms with E-state index < -0.39 is 10.0 Å². The second kappa shape index (κ2) is 6.64. The Labute approximate surface area is 119 Å². The number of morpholine rings is 1. The zero-order valence-corrected chi connectivity index (χ0v) is 12.3. The van der Waals surface area contributed by atoms with Gasteiger partial charge in [0.25, 0.3) is 0 Å². The summed E-state index contributed by atoms with van der Waals surface area (Å²) >= 11 is 0. The summed E-state index contributed by atoms with van der Waals surface area (Å²) in [6.07, 6.45) is -0.135. The fourth-order valence-electron chi connectivity index (χ4n) is 2.09. The lowest BCUT2D eigenvalue weighted by Gasteiger charge is -2.30. The number of aliphatic hydroxyl groups is 1. The van der Waals surface area contributed by atoms with E-state index in [0.29, 0.717) is 18.7 Å². The van der Waals surface area contributed by atoms with E-state index >= 15 is 0 Å². The molecule has 0 aliphatic carbocycles. The number of likely N-dealkylation sites (N-methyl/N-ethyl adjacent to an activating group) is 1. The molecule has 0 saturated carbocycles. The van der Waals surface area contributed by atoms with E-state index in [1.165, 1.54) is 12.1 Å². The molecule has 1 fully saturated rings. The minimum Gasteiger partial charge on any atom is -0.392 e. The first kappa shape index (κ1) is 15.4. The van der Waals surface area contributed by atoms with Crippen LogP contribution in [0.15, 0.2) is 29.2 Å². The zero-order valence-electron chi connectivity index (χ0n) is 11.4. The van der Waals surface area contributed by atoms with Crippen molar-refractivity contribution in [3.05, 3.63) is 29.8 Å². The van der Waals surface area contributed by atoms with Gasteiger partial charge in [0.05, 0.1) is 24.2 Å². The maximum absolute atomic E-state index is 12.2. The normalized spacial score (nSPS) is 21.0. The molecule has 112 valence electrons. The van der Waals surface area contributed by atoms with Crippen molar-refractivity contribution in [3.63, 3.8) is 0 Å². The average Bonchev–Trinajstić information content (AvgIpc) is 2.45. The molecule has 1 heterocycles. The van der Waals surface area contributed by atoms with Crippen LogP contribution in [0.25, 0.3) is 0 Å². The number of sulfonamides is 1. The van der Waals surface area contributed by atoms with Crippen LogP contribution in [0.5, 0.6) is 0 Å². The molecule has 1 unspecified atom stereocenters. The first-order valence-corrected chi connectivity index (χ1v) is 7.99. The minimum absolute atomic E-state index is 0.135. The van der Waals surface area contributed by atoms with E-state index in [4.69, 9.17) is 9.84 Å². The number of benzene rings is 1. The number of ether oxygens (including phenoxy) is 1. The third kappa shape index (κ3) is 4.00. The van der Waals surface area contributed by atoms with Crippen molar-refractivity contribution >= 4 is 10.0 Å². The lowest BCUT2D eigenvalue weighted by atomic mass is 10.2. The number of hydrogen-bond acceptors (Lipinski definition) is 5. The van der Waals surface area contributed by atoms with E-state index in [9.17, 15) is 8.42 Å². The summed E-state index contributed by atoms with van der Waals surface area (Å²) in [5.74, 6) is 0. The molecule has 1 saturated heterocycles. The molecule has 0 bridgehead atoms. The molecule has 0 aromatic heterocycles. The van der Waals surface area contributed by atoms with Crippen molar-refractivity contribution < 1.29 is 18.3 Å². The summed E-state index contributed by atoms with van der Waals surface area (Å²) in [5, 5.41) is 9.05. The van der Waals surface area contributed by atoms with E-state index in [1.807, 2.05) is 7.05 Å². The second-order valence-electron chi connectivity index (χ2n) is 4.91. The highest BCUT2D eigenvalue weighted by atomic mass is 32.2. The molecule has 1 aromatic carbocycles. The van der Waals surface area contributed by atoms with Crippen LogP contribution < -0.4 is 4.72 Å². The summed E-state index contributed by atoms with van der Waals surface area (Å²) in [4.78, 5) is 2.27. The Morgan fingerprint density at radius 2 is 2.30 bits per heavy atom. The van der Waals surface area contributed by atoms with Crippen LogP contribution in [-0.2, 0) is 21.4 Å². The molecule has 1 atom stereocenters. The molecule has 2 rings (SSSR count). The molecule has 1 aliphatic heterocycles. The number of nitrogens with zero attached hydrogens (tertiary/aromatic N) is 1. The average molecular weight is 300 g/mol. The van der Waals surface area contributed by atoms with Gasteiger partial charge in [0, 0.05) is 19.6 Å². The van der Waals surface area contributed by atoms with Crippen molar-refractivity contribution in [1.29, 1.82) is 0 Å². The van der Waals surface area contributed by atoms with Crippen molar-refractivity contribution in [2.45, 2.75) is 17.6 Å². The fourth-order valence-corrected chi connectivity index (χ4v) is 3.22. The number of rotatable bonds is 5. The maximum atomic E-state index is 12.2. The molecular formula is C13H20N2O4S. The van der Waals surface area contributed by atoms with Gasteiger partial charge in [-0.15, -0.1) is 0 Å². The smallest absolute Gasteiger partial charge is 0.240 e. The monoisotopic (exact) mass is 300 g/mol. The molecule has 1 aromatic rings. The second-order valence-corrected chi connectivity index (χ2v) is 6.68. The van der Waals surface area contributed by atoms with E-state index in [-0.39, 0.29) is 24.2 Å². The van der Waals surface area contributed by atoms with Gasteiger partial charge >= 0.3 is 0 Å². The number of hydrogen-bond donors (Lipinski definition) is 2. The van der Waals surface area contributed by atoms with Gasteiger partial charge in [-0.1, -0.05) is 12.1 Å². The first-order valence-electron chi connectivity index (χ1n) is 6.51. The summed E-state index contributed by atoms with van der Waals surface area (Å²) in [5.41, 5.74) is 0.571. The molecule has 6 nitrogen and oxygen atoms in total. The molecule has 20 heavy (non-hydrogen) atoms. The number of aliphatic hydroxyl groups excluding tert-OH is 1. The first-order chi connectivity index (χ1) is 9.51. The third-order valence-corrected chi connectivity index (χ3v) is 4.66. The Kier molecular flexibility index (Phi) is 5.11. The van der Waals surface area contributed by atoms with Crippen LogP contribution >= 0.6 is 0 Å². The summed E-state index contributed by atoms with van der Waals surface area (Å²) in [6.45, 7) is 2.25. The predicted molar refractivity (Wildman–Crippen MR) is 74.8 cm³/mol. The van der Waals surface area contributed by atoms with E-state index in [1.54, 1.807) is 12.1 Å². The van der Waals surface area contributed by atoms with Gasteiger partial charge in [-0.3, -0.25) is 0 Å². The Morgan fingerprint density at radius 3 is 3.00 bits per heavy atom. The lowest BCUT2D eigenvalue weighted by molar-refractivity contribution is -0.0156. The highest BCUT2D eigenvalue weighted by Crippen LogP contribution is 2.12. The Morgan fingerprint density at radius 1 is 1.50 bits per heavy atom. The van der Waals surface area contributed by atoms with Gasteiger partial charge in [0.1, 0.15) is 0 Å². The van der Waals surface area contributed by atoms with Crippen LogP contribution in [0.1, 0.15) is 5.56 Å². The minimum atomic E-state index is -3.57. The molecule has 0 radical (unpaired) electrons. The zero-order chi connectivity index (χ0) is 14.6. The molecular weight excluding hydrogens is 280 g/mol. The van der Waals surface area contributed by atoms with E-state index in [0.717, 1.165) is 6.54 Å². The predicted octanol–water partition coefficient (Wildman–Crippen LogP) is -0.212. The van der Waals surface area contributed by atoms with Gasteiger partial charge in [-0.2, -0.15) is 0 Å². The maximum Gasteiger partial charge on any atom is 0.240 e. The van der Waals surface area contributed by atoms with Gasteiger partial charge < -0.3 is 14.7 Å². The fraction of sp³-hybridized carbons (Fsp3) is 0.538. The standard InChI is InChI=1S/C13H20N2O4S/c1-15-5-6-19-12(9-15)8-14-20(17,18)13-4-2-3-11(7-13)10-16/h2-4,7,12,14,16H,5-6,8-10H2,1H3.